The largest absolute Gasteiger partial charge is 0.300 e. The van der Waals surface area contributed by atoms with E-state index in [-0.39, 0.29) is 0 Å². The quantitative estimate of drug-likeness (QED) is 0.528. The van der Waals surface area contributed by atoms with Crippen LogP contribution in [0.2, 0.25) is 0 Å². The van der Waals surface area contributed by atoms with Gasteiger partial charge in [0, 0.05) is 12.8 Å². The lowest BCUT2D eigenvalue weighted by atomic mass is 10.0. The van der Waals surface area contributed by atoms with Crippen LogP contribution < -0.4 is 0 Å². The van der Waals surface area contributed by atoms with E-state index in [0.717, 1.165) is 32.1 Å². The maximum atomic E-state index is 11.6. The van der Waals surface area contributed by atoms with Crippen molar-refractivity contribution in [3.63, 3.8) is 0 Å². The Morgan fingerprint density at radius 3 is 1.65 bits per heavy atom. The second-order valence-corrected chi connectivity index (χ2v) is 5.27. The number of ketones is 1. The highest BCUT2D eigenvalue weighted by Crippen LogP contribution is 2.12. The van der Waals surface area contributed by atoms with Crippen molar-refractivity contribution in [3.8, 4) is 0 Å². The third-order valence-corrected chi connectivity index (χ3v) is 3.57. The van der Waals surface area contributed by atoms with Gasteiger partial charge in [0.15, 0.2) is 0 Å². The van der Waals surface area contributed by atoms with Gasteiger partial charge >= 0.3 is 0 Å². The molecule has 98 valence electrons. The molecule has 1 aliphatic rings. The molecule has 0 spiro atoms. The number of allylic oxidation sites excluding steroid dienone is 2. The molecule has 1 rings (SSSR count). The third kappa shape index (κ3) is 9.14. The molecule has 0 fully saturated rings. The first-order valence-electron chi connectivity index (χ1n) is 7.56. The van der Waals surface area contributed by atoms with E-state index >= 15 is 0 Å². The van der Waals surface area contributed by atoms with Crippen LogP contribution in [-0.2, 0) is 4.79 Å². The second-order valence-electron chi connectivity index (χ2n) is 5.27. The minimum Gasteiger partial charge on any atom is -0.300 e. The highest BCUT2D eigenvalue weighted by molar-refractivity contribution is 5.78. The lowest BCUT2D eigenvalue weighted by Crippen LogP contribution is -1.97. The van der Waals surface area contributed by atoms with Gasteiger partial charge in [0.2, 0.25) is 0 Å². The Hall–Kier alpha value is -0.590. The summed E-state index contributed by atoms with van der Waals surface area (Å²) in [5, 5.41) is 0. The van der Waals surface area contributed by atoms with Crippen LogP contribution in [0.5, 0.6) is 0 Å². The molecule has 0 aliphatic heterocycles. The fourth-order valence-electron chi connectivity index (χ4n) is 2.41. The van der Waals surface area contributed by atoms with Gasteiger partial charge in [0.25, 0.3) is 0 Å². The van der Waals surface area contributed by atoms with Crippen LogP contribution in [0.1, 0.15) is 83.5 Å². The number of hydrogen-bond acceptors (Lipinski definition) is 1. The molecule has 0 unspecified atom stereocenters. The molecule has 1 aliphatic carbocycles. The summed E-state index contributed by atoms with van der Waals surface area (Å²) in [6.45, 7) is 0. The average molecular weight is 236 g/mol. The number of carbonyl (C=O) groups is 1. The van der Waals surface area contributed by atoms with Gasteiger partial charge in [0.05, 0.1) is 0 Å². The van der Waals surface area contributed by atoms with Crippen LogP contribution in [0.4, 0.5) is 0 Å². The molecule has 0 heterocycles. The van der Waals surface area contributed by atoms with E-state index in [0.29, 0.717) is 5.78 Å². The van der Waals surface area contributed by atoms with Gasteiger partial charge in [-0.2, -0.15) is 0 Å². The molecule has 1 nitrogen and oxygen atoms in total. The van der Waals surface area contributed by atoms with E-state index in [9.17, 15) is 4.79 Å². The zero-order valence-corrected chi connectivity index (χ0v) is 11.3. The zero-order valence-electron chi connectivity index (χ0n) is 11.3. The first kappa shape index (κ1) is 14.5. The van der Waals surface area contributed by atoms with E-state index in [1.165, 1.54) is 51.4 Å². The van der Waals surface area contributed by atoms with Gasteiger partial charge in [-0.1, -0.05) is 44.3 Å². The number of rotatable bonds is 0. The van der Waals surface area contributed by atoms with Gasteiger partial charge in [0.1, 0.15) is 5.78 Å². The monoisotopic (exact) mass is 236 g/mol. The molecule has 0 saturated carbocycles. The maximum Gasteiger partial charge on any atom is 0.132 e. The highest BCUT2D eigenvalue weighted by Gasteiger charge is 2.01. The van der Waals surface area contributed by atoms with Crippen molar-refractivity contribution < 1.29 is 4.79 Å². The first-order valence-corrected chi connectivity index (χ1v) is 7.56. The van der Waals surface area contributed by atoms with Gasteiger partial charge in [-0.15, -0.1) is 0 Å². The normalized spacial score (nSPS) is 24.4. The summed E-state index contributed by atoms with van der Waals surface area (Å²) in [4.78, 5) is 11.6. The van der Waals surface area contributed by atoms with E-state index in [1.54, 1.807) is 0 Å². The summed E-state index contributed by atoms with van der Waals surface area (Å²) in [7, 11) is 0. The number of hydrogen-bond donors (Lipinski definition) is 0. The molecule has 17 heavy (non-hydrogen) atoms. The van der Waals surface area contributed by atoms with Crippen molar-refractivity contribution in [2.75, 3.05) is 0 Å². The summed E-state index contributed by atoms with van der Waals surface area (Å²) >= 11 is 0. The van der Waals surface area contributed by atoms with E-state index in [4.69, 9.17) is 0 Å². The topological polar surface area (TPSA) is 17.1 Å². The SMILES string of the molecule is O=C1CCCC/C=C/CCCCCCCCC1. The molecular weight excluding hydrogens is 208 g/mol. The van der Waals surface area contributed by atoms with Crippen LogP contribution >= 0.6 is 0 Å². The highest BCUT2D eigenvalue weighted by atomic mass is 16.1. The lowest BCUT2D eigenvalue weighted by molar-refractivity contribution is -0.119. The lowest BCUT2D eigenvalue weighted by Gasteiger charge is -2.03. The molecule has 0 atom stereocenters. The summed E-state index contributed by atoms with van der Waals surface area (Å²) in [6, 6.07) is 0. The fraction of sp³-hybridized carbons (Fsp3) is 0.812. The summed E-state index contributed by atoms with van der Waals surface area (Å²) in [6.07, 6.45) is 20.1. The molecular formula is C16H28O. The predicted octanol–water partition coefficient (Wildman–Crippen LogP) is 5.20. The first-order chi connectivity index (χ1) is 8.39. The average Bonchev–Trinajstić information content (AvgIpc) is 2.32. The summed E-state index contributed by atoms with van der Waals surface area (Å²) in [5.41, 5.74) is 0. The maximum absolute atomic E-state index is 11.6. The van der Waals surface area contributed by atoms with Gasteiger partial charge in [-0.3, -0.25) is 4.79 Å². The molecule has 0 radical (unpaired) electrons. The molecule has 0 aromatic rings. The van der Waals surface area contributed by atoms with Crippen LogP contribution in [0.3, 0.4) is 0 Å². The van der Waals surface area contributed by atoms with Crippen molar-refractivity contribution in [1.29, 1.82) is 0 Å². The number of Topliss-reactive ketones (excluding diaryl/α,β-unsaturated/α-hetero) is 1. The molecule has 0 saturated heterocycles. The van der Waals surface area contributed by atoms with Crippen molar-refractivity contribution in [2.24, 2.45) is 0 Å². The van der Waals surface area contributed by atoms with Crippen LogP contribution in [0.15, 0.2) is 12.2 Å². The standard InChI is InChI=1S/C16H28O/c17-16-14-12-10-8-6-4-2-1-3-5-7-9-11-13-15-16/h4,6H,1-3,5,7-15H2/b6-4+. The molecule has 0 amide bonds. The Kier molecular flexibility index (Phi) is 8.99. The molecule has 1 heteroatoms. The molecule has 0 bridgehead atoms. The van der Waals surface area contributed by atoms with Gasteiger partial charge < -0.3 is 0 Å². The Morgan fingerprint density at radius 2 is 1.00 bits per heavy atom. The van der Waals surface area contributed by atoms with E-state index in [2.05, 4.69) is 12.2 Å². The summed E-state index contributed by atoms with van der Waals surface area (Å²) in [5.74, 6) is 0.487. The van der Waals surface area contributed by atoms with E-state index < -0.39 is 0 Å². The third-order valence-electron chi connectivity index (χ3n) is 3.57. The Morgan fingerprint density at radius 1 is 0.588 bits per heavy atom. The summed E-state index contributed by atoms with van der Waals surface area (Å²) < 4.78 is 0. The molecule has 0 aromatic heterocycles. The Bertz CT molecular complexity index is 218. The molecule has 0 aromatic carbocycles. The smallest absolute Gasteiger partial charge is 0.132 e. The van der Waals surface area contributed by atoms with E-state index in [1.807, 2.05) is 0 Å². The zero-order chi connectivity index (χ0) is 12.2. The van der Waals surface area contributed by atoms with Crippen molar-refractivity contribution in [1.82, 2.24) is 0 Å². The van der Waals surface area contributed by atoms with Gasteiger partial charge in [-0.05, 0) is 38.5 Å². The van der Waals surface area contributed by atoms with Crippen LogP contribution in [-0.4, -0.2) is 5.78 Å². The molecule has 0 N–H and O–H groups in total. The van der Waals surface area contributed by atoms with Crippen molar-refractivity contribution in [3.05, 3.63) is 12.2 Å². The van der Waals surface area contributed by atoms with Crippen LogP contribution in [0.25, 0.3) is 0 Å². The fourth-order valence-corrected chi connectivity index (χ4v) is 2.41. The second kappa shape index (κ2) is 10.6. The Balaban J connectivity index is 2.18. The van der Waals surface area contributed by atoms with Crippen molar-refractivity contribution >= 4 is 5.78 Å². The number of carbonyl (C=O) groups excluding carboxylic acids is 1. The van der Waals surface area contributed by atoms with Gasteiger partial charge in [-0.25, -0.2) is 0 Å². The predicted molar refractivity (Wildman–Crippen MR) is 74.2 cm³/mol. The minimum absolute atomic E-state index is 0.487. The Labute approximate surface area is 107 Å². The minimum atomic E-state index is 0.487. The van der Waals surface area contributed by atoms with Crippen molar-refractivity contribution in [2.45, 2.75) is 83.5 Å². The van der Waals surface area contributed by atoms with Crippen LogP contribution in [0, 0.1) is 0 Å².